The molecule has 7 heterocycles. The van der Waals surface area contributed by atoms with Crippen molar-refractivity contribution < 1.29 is 153 Å². The highest BCUT2D eigenvalue weighted by Gasteiger charge is 2.69. The zero-order chi connectivity index (χ0) is 67.1. The second-order valence-electron chi connectivity index (χ2n) is 29.1. The molecule has 0 amide bonds. The summed E-state index contributed by atoms with van der Waals surface area (Å²) in [4.78, 5) is 0. The number of aliphatic hydroxyl groups excluding tert-OH is 17. The number of methoxy groups -OCH3 is 1. The summed E-state index contributed by atoms with van der Waals surface area (Å²) in [6.45, 7) is 7.26. The molecular formula is C62H104O31. The molecule has 40 atom stereocenters. The van der Waals surface area contributed by atoms with Crippen LogP contribution in [0.1, 0.15) is 98.8 Å². The predicted octanol–water partition coefficient (Wildman–Crippen LogP) is -5.35. The predicted molar refractivity (Wildman–Crippen MR) is 308 cm³/mol. The molecule has 0 aromatic carbocycles. The van der Waals surface area contributed by atoms with Crippen molar-refractivity contribution in [1.29, 1.82) is 0 Å². The summed E-state index contributed by atoms with van der Waals surface area (Å²) in [6.07, 6.45) is -39.3. The molecular weight excluding hydrogens is 1240 g/mol. The fraction of sp³-hybridized carbons (Fsp3) is 1.00. The smallest absolute Gasteiger partial charge is 0.187 e. The molecule has 4 unspecified atom stereocenters. The summed E-state index contributed by atoms with van der Waals surface area (Å²) in [5, 5.41) is 183. The maximum atomic E-state index is 12.7. The number of aliphatic hydroxyl groups is 17. The van der Waals surface area contributed by atoms with E-state index in [4.69, 9.17) is 66.3 Å². The molecule has 11 aliphatic rings. The van der Waals surface area contributed by atoms with Crippen molar-refractivity contribution in [3.63, 3.8) is 0 Å². The number of hydrogen-bond donors (Lipinski definition) is 17. The highest BCUT2D eigenvalue weighted by atomic mass is 16.8. The second-order valence-corrected chi connectivity index (χ2v) is 29.1. The van der Waals surface area contributed by atoms with Crippen LogP contribution in [0.2, 0.25) is 0 Å². The highest BCUT2D eigenvalue weighted by Crippen LogP contribution is 2.71. The number of ether oxygens (including phenoxy) is 14. The number of hydrogen-bond acceptors (Lipinski definition) is 31. The van der Waals surface area contributed by atoms with Gasteiger partial charge in [0.05, 0.1) is 58.0 Å². The SMILES string of the molecule is COC1(CCC(C)CO[C@H]2O[C@H](CO)[C@@H](O)[C@H](O)[C@H]2O)O[C@H]2C[C@H]3[C@@H]4CCC5CC(O[C@H]6O[C@H](CO)[C@H](O[C@H]7O[C@H](CO)[C@@H](O)[C@H](O[C@H]8OC[C@@H](O)[C@H](O)[C@H]8O)[C@H]7O[C@H]7OC[C@@H](O)[C@H](O)[C@H]7O)[C@H](O)[C@H]6O[C@@H]6O[C@@H](C)[C@H](O)[C@@H](O)[C@H]6O)CC[C@]5(C)[C@H]4CC[C@]3(C)[C@H]2[C@@H]1C. The molecule has 11 rings (SSSR count). The third-order valence-corrected chi connectivity index (χ3v) is 23.8. The van der Waals surface area contributed by atoms with Crippen LogP contribution in [0.5, 0.6) is 0 Å². The summed E-state index contributed by atoms with van der Waals surface area (Å²) in [7, 11) is 1.70. The van der Waals surface area contributed by atoms with Crippen molar-refractivity contribution in [2.24, 2.45) is 52.3 Å². The van der Waals surface area contributed by atoms with Crippen molar-refractivity contribution in [2.75, 3.05) is 46.8 Å². The monoisotopic (exact) mass is 1340 g/mol. The van der Waals surface area contributed by atoms with Gasteiger partial charge in [-0.25, -0.2) is 0 Å². The zero-order valence-electron chi connectivity index (χ0n) is 53.5. The molecule has 0 aromatic rings. The molecule has 93 heavy (non-hydrogen) atoms. The Balaban J connectivity index is 0.777. The third kappa shape index (κ3) is 13.7. The Morgan fingerprint density at radius 1 is 0.484 bits per heavy atom. The van der Waals surface area contributed by atoms with E-state index in [9.17, 15) is 86.8 Å². The van der Waals surface area contributed by atoms with E-state index in [0.29, 0.717) is 43.4 Å². The first-order chi connectivity index (χ1) is 44.1. The molecule has 31 heteroatoms. The van der Waals surface area contributed by atoms with Crippen LogP contribution in [0.25, 0.3) is 0 Å². The second kappa shape index (κ2) is 29.4. The minimum Gasteiger partial charge on any atom is -0.394 e. The molecule has 0 aromatic heterocycles. The molecule has 7 saturated heterocycles. The number of rotatable bonds is 20. The topological polar surface area (TPSA) is 473 Å². The zero-order valence-corrected chi connectivity index (χ0v) is 53.5. The first kappa shape index (κ1) is 73.0. The van der Waals surface area contributed by atoms with Gasteiger partial charge in [-0.05, 0) is 111 Å². The van der Waals surface area contributed by atoms with Gasteiger partial charge < -0.3 is 153 Å². The van der Waals surface area contributed by atoms with Gasteiger partial charge in [-0.3, -0.25) is 0 Å². The third-order valence-electron chi connectivity index (χ3n) is 23.8. The van der Waals surface area contributed by atoms with Gasteiger partial charge in [0.15, 0.2) is 43.5 Å². The van der Waals surface area contributed by atoms with Crippen molar-refractivity contribution in [1.82, 2.24) is 0 Å². The highest BCUT2D eigenvalue weighted by molar-refractivity contribution is 5.15. The van der Waals surface area contributed by atoms with Crippen LogP contribution in [0.3, 0.4) is 0 Å². The summed E-state index contributed by atoms with van der Waals surface area (Å²) < 4.78 is 86.3. The Morgan fingerprint density at radius 2 is 1.03 bits per heavy atom. The molecule has 0 radical (unpaired) electrons. The first-order valence-corrected chi connectivity index (χ1v) is 33.5. The maximum absolute atomic E-state index is 12.7. The van der Waals surface area contributed by atoms with E-state index in [-0.39, 0.29) is 47.2 Å². The lowest BCUT2D eigenvalue weighted by Gasteiger charge is -2.61. The van der Waals surface area contributed by atoms with Gasteiger partial charge in [-0.15, -0.1) is 0 Å². The van der Waals surface area contributed by atoms with Crippen molar-refractivity contribution in [3.8, 4) is 0 Å². The van der Waals surface area contributed by atoms with E-state index in [1.807, 2.05) is 6.92 Å². The van der Waals surface area contributed by atoms with Gasteiger partial charge in [-0.1, -0.05) is 27.7 Å². The normalized spacial score (nSPS) is 55.4. The van der Waals surface area contributed by atoms with Crippen LogP contribution < -0.4 is 0 Å². The molecule has 4 aliphatic carbocycles. The van der Waals surface area contributed by atoms with Crippen LogP contribution in [0.4, 0.5) is 0 Å². The van der Waals surface area contributed by atoms with Gasteiger partial charge in [-0.2, -0.15) is 0 Å². The van der Waals surface area contributed by atoms with Crippen molar-refractivity contribution in [3.05, 3.63) is 0 Å². The largest absolute Gasteiger partial charge is 0.394 e. The van der Waals surface area contributed by atoms with Gasteiger partial charge in [0.25, 0.3) is 0 Å². The molecule has 17 N–H and O–H groups in total. The Morgan fingerprint density at radius 3 is 1.68 bits per heavy atom. The van der Waals surface area contributed by atoms with Crippen molar-refractivity contribution in [2.45, 2.75) is 289 Å². The minimum absolute atomic E-state index is 0.0181. The Kier molecular flexibility index (Phi) is 23.1. The van der Waals surface area contributed by atoms with E-state index < -0.39 is 217 Å². The summed E-state index contributed by atoms with van der Waals surface area (Å²) in [5.74, 6) is 0.855. The van der Waals surface area contributed by atoms with Crippen LogP contribution >= 0.6 is 0 Å². The molecule has 11 fully saturated rings. The van der Waals surface area contributed by atoms with Gasteiger partial charge in [0, 0.05) is 19.4 Å². The minimum atomic E-state index is -1.96. The Labute approximate surface area is 539 Å². The molecule has 31 nitrogen and oxygen atoms in total. The molecule has 0 bridgehead atoms. The van der Waals surface area contributed by atoms with Gasteiger partial charge in [0.1, 0.15) is 128 Å². The molecule has 538 valence electrons. The quantitative estimate of drug-likeness (QED) is 0.0506. The van der Waals surface area contributed by atoms with Crippen LogP contribution in [0.15, 0.2) is 0 Å². The average molecular weight is 1350 g/mol. The Bertz CT molecular complexity index is 2410. The molecule has 0 spiro atoms. The number of fused-ring (bicyclic) bond motifs is 7. The summed E-state index contributed by atoms with van der Waals surface area (Å²) >= 11 is 0. The van der Waals surface area contributed by atoms with Crippen LogP contribution in [-0.2, 0) is 66.3 Å². The maximum Gasteiger partial charge on any atom is 0.187 e. The average Bonchev–Trinajstić information content (AvgIpc) is 1.56. The van der Waals surface area contributed by atoms with E-state index in [2.05, 4.69) is 20.8 Å². The fourth-order valence-electron chi connectivity index (χ4n) is 18.3. The van der Waals surface area contributed by atoms with Gasteiger partial charge in [0.2, 0.25) is 0 Å². The standard InChI is InChI=1S/C62H104O31/c1-23(20-81-54-47(77)44(74)41(71)34(17-63)86-54)9-14-62(80-6)24(2)37-33(93-62)16-30-28-8-7-26-15-27(10-12-60(26,4)29(28)11-13-61(30,37)5)85-58-52(91-57-48(78)43(73)38(68)25(3)84-57)49(79)50(36(19-65)88-58)89-59-53(92-56-46(76)40(70)32(67)22-83-56)51(42(72)35(18-64)87-59)90-55-45(75)39(69)31(66)21-82-55/h23-59,63-79H,7-22H2,1-6H3/t23?,24-,25-,26?,27?,28+,29-,30-,31+,32+,33-,34+,35+,36+,37-,38-,39-,40-,41+,42+,43+,44-,45+,46+,47+,48+,49-,50-,51-,52+,53+,54-,55+,56+,57-,58-,59+,60-,61-,62?/m0/s1. The fourth-order valence-corrected chi connectivity index (χ4v) is 18.3. The van der Waals surface area contributed by atoms with Crippen LogP contribution in [0, 0.1) is 52.3 Å². The van der Waals surface area contributed by atoms with E-state index in [0.717, 1.165) is 38.5 Å². The van der Waals surface area contributed by atoms with E-state index >= 15 is 0 Å². The van der Waals surface area contributed by atoms with Gasteiger partial charge >= 0.3 is 0 Å². The summed E-state index contributed by atoms with van der Waals surface area (Å²) in [6, 6.07) is 0. The molecule has 4 saturated carbocycles. The lowest BCUT2D eigenvalue weighted by atomic mass is 9.44. The molecule has 7 aliphatic heterocycles. The Hall–Kier alpha value is -1.24. The lowest BCUT2D eigenvalue weighted by Crippen LogP contribution is -2.68. The first-order valence-electron chi connectivity index (χ1n) is 33.5. The van der Waals surface area contributed by atoms with E-state index in [1.54, 1.807) is 7.11 Å². The van der Waals surface area contributed by atoms with Crippen molar-refractivity contribution >= 4 is 0 Å². The summed E-state index contributed by atoms with van der Waals surface area (Å²) in [5.41, 5.74) is -0.106. The van der Waals surface area contributed by atoms with Crippen LogP contribution in [-0.4, -0.2) is 324 Å². The van der Waals surface area contributed by atoms with E-state index in [1.165, 1.54) is 6.92 Å². The lowest BCUT2D eigenvalue weighted by molar-refractivity contribution is -0.408.